The van der Waals surface area contributed by atoms with E-state index in [1.54, 1.807) is 0 Å². The zero-order valence-electron chi connectivity index (χ0n) is 18.1. The van der Waals surface area contributed by atoms with Gasteiger partial charge in [0.15, 0.2) is 6.10 Å². The predicted molar refractivity (Wildman–Crippen MR) is 121 cm³/mol. The first-order valence-electron chi connectivity index (χ1n) is 10.9. The monoisotopic (exact) mass is 432 g/mol. The van der Waals surface area contributed by atoms with Crippen LogP contribution in [0.3, 0.4) is 0 Å². The van der Waals surface area contributed by atoms with Gasteiger partial charge in [-0.15, -0.1) is 0 Å². The van der Waals surface area contributed by atoms with Crippen LogP contribution in [0.15, 0.2) is 91.0 Å². The van der Waals surface area contributed by atoms with Crippen LogP contribution in [0.25, 0.3) is 0 Å². The first kappa shape index (κ1) is 22.2. The van der Waals surface area contributed by atoms with Crippen LogP contribution in [0.2, 0.25) is 0 Å². The number of cyclic esters (lactones) is 1. The van der Waals surface area contributed by atoms with Gasteiger partial charge in [0.05, 0.1) is 19.8 Å². The molecule has 0 N–H and O–H groups in total. The third-order valence-electron chi connectivity index (χ3n) is 5.46. The molecule has 3 aromatic rings. The molecule has 5 nitrogen and oxygen atoms in total. The summed E-state index contributed by atoms with van der Waals surface area (Å²) in [6.45, 7) is 2.86. The number of hydrogen-bond acceptors (Lipinski definition) is 5. The highest BCUT2D eigenvalue weighted by Crippen LogP contribution is 2.27. The predicted octanol–water partition coefficient (Wildman–Crippen LogP) is 4.69. The molecular weight excluding hydrogens is 404 g/mol. The van der Waals surface area contributed by atoms with Gasteiger partial charge >= 0.3 is 5.97 Å². The largest absolute Gasteiger partial charge is 0.458 e. The van der Waals surface area contributed by atoms with Gasteiger partial charge in [0.25, 0.3) is 0 Å². The van der Waals surface area contributed by atoms with Gasteiger partial charge in [-0.25, -0.2) is 4.79 Å². The topological polar surface area (TPSA) is 54.0 Å². The molecule has 5 heteroatoms. The smallest absolute Gasteiger partial charge is 0.338 e. The van der Waals surface area contributed by atoms with E-state index in [0.717, 1.165) is 16.7 Å². The van der Waals surface area contributed by atoms with Gasteiger partial charge < -0.3 is 18.9 Å². The van der Waals surface area contributed by atoms with E-state index in [9.17, 15) is 4.79 Å². The molecule has 1 heterocycles. The van der Waals surface area contributed by atoms with E-state index in [-0.39, 0.29) is 6.61 Å². The first-order valence-corrected chi connectivity index (χ1v) is 10.9. The summed E-state index contributed by atoms with van der Waals surface area (Å²) in [6.07, 6.45) is -2.39. The molecule has 4 rings (SSSR count). The molecule has 0 radical (unpaired) electrons. The summed E-state index contributed by atoms with van der Waals surface area (Å²) in [5, 5.41) is 0. The zero-order valence-corrected chi connectivity index (χ0v) is 18.1. The molecule has 4 atom stereocenters. The van der Waals surface area contributed by atoms with Crippen LogP contribution < -0.4 is 0 Å². The highest BCUT2D eigenvalue weighted by atomic mass is 16.6. The van der Waals surface area contributed by atoms with Gasteiger partial charge in [-0.1, -0.05) is 91.0 Å². The second-order valence-electron chi connectivity index (χ2n) is 7.88. The summed E-state index contributed by atoms with van der Waals surface area (Å²) in [4.78, 5) is 12.8. The second kappa shape index (κ2) is 11.0. The van der Waals surface area contributed by atoms with Crippen molar-refractivity contribution in [3.05, 3.63) is 108 Å². The molecular formula is C27H28O5. The minimum atomic E-state index is -0.879. The first-order chi connectivity index (χ1) is 15.7. The average Bonchev–Trinajstić information content (AvgIpc) is 2.83. The number of carbonyl (C=O) groups excluding carboxylic acids is 1. The molecule has 0 aromatic heterocycles. The van der Waals surface area contributed by atoms with Crippen molar-refractivity contribution in [2.45, 2.75) is 51.2 Å². The van der Waals surface area contributed by atoms with Crippen molar-refractivity contribution in [2.24, 2.45) is 0 Å². The highest BCUT2D eigenvalue weighted by Gasteiger charge is 2.47. The molecule has 0 bridgehead atoms. The number of benzene rings is 3. The summed E-state index contributed by atoms with van der Waals surface area (Å²) in [5.74, 6) is -0.425. The minimum absolute atomic E-state index is 0.283. The third kappa shape index (κ3) is 5.82. The summed E-state index contributed by atoms with van der Waals surface area (Å²) in [5.41, 5.74) is 3.03. The Morgan fingerprint density at radius 2 is 1.03 bits per heavy atom. The Balaban J connectivity index is 1.51. The summed E-state index contributed by atoms with van der Waals surface area (Å²) in [7, 11) is 0. The van der Waals surface area contributed by atoms with Crippen molar-refractivity contribution in [1.29, 1.82) is 0 Å². The Bertz CT molecular complexity index is 961. The number of hydrogen-bond donors (Lipinski definition) is 0. The van der Waals surface area contributed by atoms with Gasteiger partial charge in [-0.3, -0.25) is 0 Å². The molecule has 0 saturated carbocycles. The maximum Gasteiger partial charge on any atom is 0.338 e. The maximum atomic E-state index is 12.8. The van der Waals surface area contributed by atoms with Crippen molar-refractivity contribution in [1.82, 2.24) is 0 Å². The van der Waals surface area contributed by atoms with Crippen molar-refractivity contribution in [3.8, 4) is 0 Å². The quantitative estimate of drug-likeness (QED) is 0.459. The van der Waals surface area contributed by atoms with Crippen molar-refractivity contribution in [2.75, 3.05) is 0 Å². The summed E-state index contributed by atoms with van der Waals surface area (Å²) in [6, 6.07) is 29.5. The van der Waals surface area contributed by atoms with Crippen LogP contribution in [-0.4, -0.2) is 30.4 Å². The Morgan fingerprint density at radius 3 is 1.50 bits per heavy atom. The van der Waals surface area contributed by atoms with Gasteiger partial charge in [0.2, 0.25) is 0 Å². The number of rotatable bonds is 9. The van der Waals surface area contributed by atoms with Gasteiger partial charge in [-0.05, 0) is 23.6 Å². The maximum absolute atomic E-state index is 12.8. The van der Waals surface area contributed by atoms with Gasteiger partial charge in [-0.2, -0.15) is 0 Å². The number of esters is 1. The number of carbonyl (C=O) groups is 1. The van der Waals surface area contributed by atoms with E-state index in [1.807, 2.05) is 97.9 Å². The van der Waals surface area contributed by atoms with Gasteiger partial charge in [0, 0.05) is 0 Å². The van der Waals surface area contributed by atoms with E-state index in [2.05, 4.69) is 0 Å². The van der Waals surface area contributed by atoms with E-state index in [4.69, 9.17) is 18.9 Å². The van der Waals surface area contributed by atoms with Crippen LogP contribution in [0.5, 0.6) is 0 Å². The Morgan fingerprint density at radius 1 is 0.625 bits per heavy atom. The molecule has 0 unspecified atom stereocenters. The lowest BCUT2D eigenvalue weighted by Gasteiger charge is -2.40. The lowest BCUT2D eigenvalue weighted by atomic mass is 9.99. The fourth-order valence-corrected chi connectivity index (χ4v) is 3.76. The minimum Gasteiger partial charge on any atom is -0.458 e. The van der Waals surface area contributed by atoms with Crippen LogP contribution in [0, 0.1) is 0 Å². The lowest BCUT2D eigenvalue weighted by Crippen LogP contribution is -2.57. The lowest BCUT2D eigenvalue weighted by molar-refractivity contribution is -0.230. The Hall–Kier alpha value is -2.99. The average molecular weight is 433 g/mol. The van der Waals surface area contributed by atoms with Crippen LogP contribution in [0.1, 0.15) is 23.6 Å². The van der Waals surface area contributed by atoms with Crippen LogP contribution >= 0.6 is 0 Å². The van der Waals surface area contributed by atoms with Gasteiger partial charge in [0.1, 0.15) is 18.3 Å². The summed E-state index contributed by atoms with van der Waals surface area (Å²) >= 11 is 0. The summed E-state index contributed by atoms with van der Waals surface area (Å²) < 4.78 is 24.1. The SMILES string of the molecule is C[C@H]1OC(=O)[C@H](OCc2ccccc2)[C@@H](OCc2ccccc2)[C@H]1OCc1ccccc1. The molecule has 1 saturated heterocycles. The van der Waals surface area contributed by atoms with E-state index in [1.165, 1.54) is 0 Å². The standard InChI is InChI=1S/C27H28O5/c1-20-24(29-17-21-11-5-2-6-12-21)25(30-18-22-13-7-3-8-14-22)26(27(28)32-20)31-19-23-15-9-4-10-16-23/h2-16,20,24-26H,17-19H2,1H3/t20-,24+,25+,26-/m1/s1. The molecule has 1 fully saturated rings. The molecule has 166 valence electrons. The van der Waals surface area contributed by atoms with E-state index >= 15 is 0 Å². The Kier molecular flexibility index (Phi) is 7.67. The zero-order chi connectivity index (χ0) is 22.2. The highest BCUT2D eigenvalue weighted by molar-refractivity contribution is 5.77. The number of ether oxygens (including phenoxy) is 4. The van der Waals surface area contributed by atoms with Crippen molar-refractivity contribution in [3.63, 3.8) is 0 Å². The fraction of sp³-hybridized carbons (Fsp3) is 0.296. The van der Waals surface area contributed by atoms with Crippen molar-refractivity contribution < 1.29 is 23.7 Å². The van der Waals surface area contributed by atoms with E-state index < -0.39 is 30.4 Å². The van der Waals surface area contributed by atoms with Crippen LogP contribution in [-0.2, 0) is 43.6 Å². The molecule has 1 aliphatic heterocycles. The van der Waals surface area contributed by atoms with Crippen molar-refractivity contribution >= 4 is 5.97 Å². The molecule has 0 amide bonds. The van der Waals surface area contributed by atoms with E-state index in [0.29, 0.717) is 13.2 Å². The molecule has 0 aliphatic carbocycles. The normalized spacial score (nSPS) is 23.0. The molecule has 1 aliphatic rings. The fourth-order valence-electron chi connectivity index (χ4n) is 3.76. The molecule has 32 heavy (non-hydrogen) atoms. The molecule has 3 aromatic carbocycles. The second-order valence-corrected chi connectivity index (χ2v) is 7.88. The molecule has 0 spiro atoms. The third-order valence-corrected chi connectivity index (χ3v) is 5.46. The Labute approximate surface area is 188 Å². The van der Waals surface area contributed by atoms with Crippen LogP contribution in [0.4, 0.5) is 0 Å².